The molecule has 0 aliphatic rings. The average molecular weight is 1110 g/mol. The van der Waals surface area contributed by atoms with Gasteiger partial charge in [-0.25, -0.2) is 0 Å². The third kappa shape index (κ3) is 7.59. The van der Waals surface area contributed by atoms with Gasteiger partial charge in [0.15, 0.2) is 0 Å². The van der Waals surface area contributed by atoms with E-state index in [1.165, 1.54) is 43.7 Å². The molecule has 0 bridgehead atoms. The zero-order valence-electron chi connectivity index (χ0n) is 48.2. The number of fused-ring (bicyclic) bond motifs is 17. The predicted molar refractivity (Wildman–Crippen MR) is 362 cm³/mol. The molecule has 0 amide bonds. The highest BCUT2D eigenvalue weighted by Gasteiger charge is 2.27. The molecule has 0 spiro atoms. The van der Waals surface area contributed by atoms with Crippen molar-refractivity contribution in [2.75, 3.05) is 9.80 Å². The molecule has 0 atom stereocenters. The van der Waals surface area contributed by atoms with Crippen molar-refractivity contribution < 1.29 is 8.83 Å². The van der Waals surface area contributed by atoms with Crippen LogP contribution in [-0.2, 0) is 0 Å². The molecule has 4 heterocycles. The summed E-state index contributed by atoms with van der Waals surface area (Å²) >= 11 is 0. The van der Waals surface area contributed by atoms with Gasteiger partial charge in [-0.3, -0.25) is 0 Å². The summed E-state index contributed by atoms with van der Waals surface area (Å²) in [6.07, 6.45) is 0. The van der Waals surface area contributed by atoms with Crippen LogP contribution >= 0.6 is 0 Å². The third-order valence-corrected chi connectivity index (χ3v) is 18.0. The maximum Gasteiger partial charge on any atom is 0.138 e. The summed E-state index contributed by atoms with van der Waals surface area (Å²) in [6.45, 7) is 9.01. The Hall–Kier alpha value is -10.8. The molecule has 0 N–H and O–H groups in total. The van der Waals surface area contributed by atoms with Crippen LogP contribution in [0, 0.1) is 0 Å². The Balaban J connectivity index is 0.888. The van der Waals surface area contributed by atoms with E-state index in [-0.39, 0.29) is 0 Å². The summed E-state index contributed by atoms with van der Waals surface area (Å²) in [4.78, 5) is 4.85. The molecule has 0 fully saturated rings. The maximum absolute atomic E-state index is 7.21. The van der Waals surface area contributed by atoms with Gasteiger partial charge in [-0.05, 0) is 143 Å². The average Bonchev–Trinajstić information content (AvgIpc) is 1.58. The highest BCUT2D eigenvalue weighted by Crippen LogP contribution is 2.52. The molecule has 86 heavy (non-hydrogen) atoms. The molecular formula is C80H58N4O2. The van der Waals surface area contributed by atoms with Crippen molar-refractivity contribution in [1.29, 1.82) is 0 Å². The Morgan fingerprint density at radius 1 is 0.267 bits per heavy atom. The van der Waals surface area contributed by atoms with Crippen LogP contribution in [0.2, 0.25) is 0 Å². The summed E-state index contributed by atoms with van der Waals surface area (Å²) in [6, 6.07) is 97.4. The van der Waals surface area contributed by atoms with E-state index >= 15 is 0 Å². The lowest BCUT2D eigenvalue weighted by Gasteiger charge is -2.27. The first-order valence-corrected chi connectivity index (χ1v) is 30.0. The van der Waals surface area contributed by atoms with E-state index in [4.69, 9.17) is 8.83 Å². The standard InChI is InChI=1S/C80H58N4O2/c1-49(2)51-31-35-55(36-32-51)81(57-39-41-69-65(45-57)61-25-15-17-29-67(61)83(69)53-19-7-5-8-20-53)71-47-75-77(63-27-13-11-23-59(63)71)79-73(85-75)43-44-74-80(79)78-64-28-14-12-24-60(64)72(48-76(78)86-74)82(56-37-33-52(34-38-56)50(3)4)58-40-42-70-66(46-58)62-26-16-18-30-68(62)84(70)54-21-9-6-10-22-54/h5-50H,1-4H3. The molecule has 17 rings (SSSR count). The summed E-state index contributed by atoms with van der Waals surface area (Å²) in [5.74, 6) is 0.781. The quantitative estimate of drug-likeness (QED) is 0.137. The van der Waals surface area contributed by atoms with Gasteiger partial charge < -0.3 is 27.8 Å². The van der Waals surface area contributed by atoms with Crippen molar-refractivity contribution in [2.24, 2.45) is 0 Å². The Bertz CT molecular complexity index is 5190. The summed E-state index contributed by atoms with van der Waals surface area (Å²) in [5, 5.41) is 13.4. The van der Waals surface area contributed by atoms with Crippen LogP contribution in [-0.4, -0.2) is 9.13 Å². The third-order valence-electron chi connectivity index (χ3n) is 18.0. The highest BCUT2D eigenvalue weighted by atomic mass is 16.3. The van der Waals surface area contributed by atoms with Crippen LogP contribution in [0.5, 0.6) is 0 Å². The Morgan fingerprint density at radius 3 is 1.00 bits per heavy atom. The van der Waals surface area contributed by atoms with Gasteiger partial charge in [-0.2, -0.15) is 0 Å². The second-order valence-corrected chi connectivity index (χ2v) is 23.6. The highest BCUT2D eigenvalue weighted by molar-refractivity contribution is 6.36. The van der Waals surface area contributed by atoms with Crippen LogP contribution in [0.25, 0.3) is 120 Å². The van der Waals surface area contributed by atoms with Gasteiger partial charge in [0.1, 0.15) is 22.3 Å². The number of para-hydroxylation sites is 4. The first-order valence-electron chi connectivity index (χ1n) is 30.0. The van der Waals surface area contributed by atoms with Crippen LogP contribution in [0.3, 0.4) is 0 Å². The number of hydrogen-bond acceptors (Lipinski definition) is 4. The maximum atomic E-state index is 7.21. The molecule has 0 saturated heterocycles. The van der Waals surface area contributed by atoms with Crippen molar-refractivity contribution in [3.05, 3.63) is 278 Å². The lowest BCUT2D eigenvalue weighted by molar-refractivity contribution is 0.663. The van der Waals surface area contributed by atoms with Crippen LogP contribution in [0.15, 0.2) is 276 Å². The fourth-order valence-corrected chi connectivity index (χ4v) is 14.0. The van der Waals surface area contributed by atoms with Gasteiger partial charge in [0.05, 0.1) is 33.4 Å². The molecule has 4 aromatic heterocycles. The number of anilines is 6. The van der Waals surface area contributed by atoms with Crippen LogP contribution < -0.4 is 9.80 Å². The summed E-state index contributed by atoms with van der Waals surface area (Å²) in [7, 11) is 0. The lowest BCUT2D eigenvalue weighted by Crippen LogP contribution is -2.11. The van der Waals surface area contributed by atoms with Gasteiger partial charge in [0.25, 0.3) is 0 Å². The van der Waals surface area contributed by atoms with E-state index in [9.17, 15) is 0 Å². The van der Waals surface area contributed by atoms with Crippen molar-refractivity contribution in [1.82, 2.24) is 9.13 Å². The Labute approximate surface area is 497 Å². The fourth-order valence-electron chi connectivity index (χ4n) is 14.0. The van der Waals surface area contributed by atoms with Gasteiger partial charge in [-0.15, -0.1) is 0 Å². The molecule has 0 aliphatic carbocycles. The minimum Gasteiger partial charge on any atom is -0.456 e. The van der Waals surface area contributed by atoms with E-state index in [2.05, 4.69) is 314 Å². The normalized spacial score (nSPS) is 12.2. The second kappa shape index (κ2) is 19.4. The van der Waals surface area contributed by atoms with Crippen molar-refractivity contribution >= 4 is 143 Å². The molecule has 0 saturated carbocycles. The molecule has 0 radical (unpaired) electrons. The van der Waals surface area contributed by atoms with Gasteiger partial charge in [0, 0.05) is 100 Å². The lowest BCUT2D eigenvalue weighted by atomic mass is 9.96. The van der Waals surface area contributed by atoms with E-state index in [0.717, 1.165) is 122 Å². The monoisotopic (exact) mass is 1110 g/mol. The number of aromatic nitrogens is 2. The predicted octanol–water partition coefficient (Wildman–Crippen LogP) is 23.2. The zero-order chi connectivity index (χ0) is 57.3. The SMILES string of the molecule is CC(C)c1ccc(N(c2ccc3c(c2)c2ccccc2n3-c2ccccc2)c2cc3oc4ccc5oc6cc(N(c7ccc(C(C)C)cc7)c7ccc8c(c7)c7ccccc7n8-c7ccccc7)c7ccccc7c6c5c4c3c3ccccc23)cc1. The number of benzene rings is 13. The van der Waals surface area contributed by atoms with E-state index in [1.54, 1.807) is 0 Å². The number of furan rings is 2. The zero-order valence-corrected chi connectivity index (χ0v) is 48.2. The Kier molecular flexibility index (Phi) is 11.2. The first-order chi connectivity index (χ1) is 42.3. The molecule has 6 nitrogen and oxygen atoms in total. The van der Waals surface area contributed by atoms with Crippen LogP contribution in [0.1, 0.15) is 50.7 Å². The topological polar surface area (TPSA) is 42.6 Å². The van der Waals surface area contributed by atoms with Crippen molar-refractivity contribution in [3.63, 3.8) is 0 Å². The van der Waals surface area contributed by atoms with Gasteiger partial charge in [-0.1, -0.05) is 173 Å². The molecule has 0 unspecified atom stereocenters. The largest absolute Gasteiger partial charge is 0.456 e. The van der Waals surface area contributed by atoms with E-state index in [1.807, 2.05) is 0 Å². The van der Waals surface area contributed by atoms with E-state index in [0.29, 0.717) is 11.8 Å². The molecular weight excluding hydrogens is 1050 g/mol. The summed E-state index contributed by atoms with van der Waals surface area (Å²) < 4.78 is 19.2. The molecule has 13 aromatic carbocycles. The molecule has 410 valence electrons. The minimum atomic E-state index is 0.390. The van der Waals surface area contributed by atoms with Crippen molar-refractivity contribution in [2.45, 2.75) is 39.5 Å². The van der Waals surface area contributed by atoms with Gasteiger partial charge >= 0.3 is 0 Å². The Morgan fingerprint density at radius 2 is 0.605 bits per heavy atom. The first kappa shape index (κ1) is 49.8. The second-order valence-electron chi connectivity index (χ2n) is 23.6. The van der Waals surface area contributed by atoms with Crippen molar-refractivity contribution in [3.8, 4) is 11.4 Å². The molecule has 17 aromatic rings. The number of rotatable bonds is 10. The summed E-state index contributed by atoms with van der Waals surface area (Å²) in [5.41, 5.74) is 19.0. The van der Waals surface area contributed by atoms with Gasteiger partial charge in [0.2, 0.25) is 0 Å². The smallest absolute Gasteiger partial charge is 0.138 e. The van der Waals surface area contributed by atoms with E-state index < -0.39 is 0 Å². The number of hydrogen-bond donors (Lipinski definition) is 0. The number of nitrogens with zero attached hydrogens (tertiary/aromatic N) is 4. The van der Waals surface area contributed by atoms with Crippen LogP contribution in [0.4, 0.5) is 34.1 Å². The molecule has 6 heteroatoms. The fraction of sp³-hybridized carbons (Fsp3) is 0.0750. The minimum absolute atomic E-state index is 0.390. The molecule has 0 aliphatic heterocycles.